The number of benzene rings is 1. The fourth-order valence-electron chi connectivity index (χ4n) is 3.40. The van der Waals surface area contributed by atoms with Crippen LogP contribution in [0.4, 0.5) is 0 Å². The van der Waals surface area contributed by atoms with Crippen molar-refractivity contribution in [1.82, 2.24) is 14.7 Å². The van der Waals surface area contributed by atoms with E-state index >= 15 is 0 Å². The Hall–Kier alpha value is -2.63. The topological polar surface area (TPSA) is 64.4 Å². The van der Waals surface area contributed by atoms with Crippen LogP contribution >= 0.6 is 0 Å². The van der Waals surface area contributed by atoms with E-state index < -0.39 is 12.1 Å². The molecule has 1 amide bonds. The lowest BCUT2D eigenvalue weighted by Gasteiger charge is -2.28. The van der Waals surface area contributed by atoms with Crippen molar-refractivity contribution >= 4 is 11.9 Å². The van der Waals surface area contributed by atoms with Crippen molar-refractivity contribution < 1.29 is 14.3 Å². The van der Waals surface area contributed by atoms with Crippen LogP contribution in [0.15, 0.2) is 30.3 Å². The molecule has 0 N–H and O–H groups in total. The maximum Gasteiger partial charge on any atom is 0.342 e. The van der Waals surface area contributed by atoms with Crippen molar-refractivity contribution in [2.45, 2.75) is 46.1 Å². The van der Waals surface area contributed by atoms with E-state index in [9.17, 15) is 9.59 Å². The average Bonchev–Trinajstić information content (AvgIpc) is 2.96. The molecule has 1 aliphatic rings. The molecule has 2 heterocycles. The van der Waals surface area contributed by atoms with Crippen LogP contribution in [0.25, 0.3) is 5.69 Å². The Labute approximate surface area is 153 Å². The molecule has 1 fully saturated rings. The van der Waals surface area contributed by atoms with E-state index in [0.29, 0.717) is 17.0 Å². The molecule has 1 aromatic carbocycles. The van der Waals surface area contributed by atoms with E-state index in [4.69, 9.17) is 4.74 Å². The zero-order chi connectivity index (χ0) is 18.7. The number of amides is 1. The van der Waals surface area contributed by atoms with E-state index in [2.05, 4.69) is 5.10 Å². The third-order valence-corrected chi connectivity index (χ3v) is 4.80. The van der Waals surface area contributed by atoms with Gasteiger partial charge in [0.2, 0.25) is 0 Å². The van der Waals surface area contributed by atoms with Gasteiger partial charge in [0.15, 0.2) is 6.10 Å². The molecule has 3 rings (SSSR count). The van der Waals surface area contributed by atoms with Crippen LogP contribution in [-0.4, -0.2) is 45.8 Å². The number of likely N-dealkylation sites (tertiary alicyclic amines) is 1. The first-order chi connectivity index (χ1) is 12.5. The SMILES string of the molecule is Cc1nn(-c2ccccc2)c(C)c1C(=O)O[C@@H](C)C(=O)N1CCCCC1. The molecule has 1 atom stereocenters. The molecule has 0 saturated carbocycles. The van der Waals surface area contributed by atoms with Gasteiger partial charge in [0, 0.05) is 13.1 Å². The van der Waals surface area contributed by atoms with Crippen molar-refractivity contribution in [2.24, 2.45) is 0 Å². The van der Waals surface area contributed by atoms with Crippen LogP contribution in [0.1, 0.15) is 47.9 Å². The Balaban J connectivity index is 1.75. The molecule has 1 aromatic heterocycles. The van der Waals surface area contributed by atoms with Gasteiger partial charge in [0.05, 0.1) is 17.1 Å². The second-order valence-electron chi connectivity index (χ2n) is 6.73. The van der Waals surface area contributed by atoms with E-state index in [1.807, 2.05) is 37.3 Å². The molecule has 6 nitrogen and oxygen atoms in total. The normalized spacial score (nSPS) is 15.6. The van der Waals surface area contributed by atoms with Gasteiger partial charge in [-0.05, 0) is 52.2 Å². The number of piperidine rings is 1. The maximum atomic E-state index is 12.7. The lowest BCUT2D eigenvalue weighted by Crippen LogP contribution is -2.42. The zero-order valence-corrected chi connectivity index (χ0v) is 15.6. The summed E-state index contributed by atoms with van der Waals surface area (Å²) in [5.41, 5.74) is 2.60. The highest BCUT2D eigenvalue weighted by atomic mass is 16.5. The van der Waals surface area contributed by atoms with Gasteiger partial charge in [0.1, 0.15) is 5.56 Å². The number of carbonyl (C=O) groups excluding carboxylic acids is 2. The third-order valence-electron chi connectivity index (χ3n) is 4.80. The summed E-state index contributed by atoms with van der Waals surface area (Å²) in [7, 11) is 0. The van der Waals surface area contributed by atoms with Crippen LogP contribution in [0.3, 0.4) is 0 Å². The molecule has 0 aliphatic carbocycles. The number of rotatable bonds is 4. The molecule has 6 heteroatoms. The van der Waals surface area contributed by atoms with Gasteiger partial charge in [-0.3, -0.25) is 4.79 Å². The summed E-state index contributed by atoms with van der Waals surface area (Å²) in [4.78, 5) is 27.0. The van der Waals surface area contributed by atoms with Gasteiger partial charge >= 0.3 is 5.97 Å². The van der Waals surface area contributed by atoms with Crippen molar-refractivity contribution in [1.29, 1.82) is 0 Å². The molecule has 1 aliphatic heterocycles. The lowest BCUT2D eigenvalue weighted by atomic mass is 10.1. The number of carbonyl (C=O) groups is 2. The minimum atomic E-state index is -0.792. The Morgan fingerprint density at radius 1 is 1.08 bits per heavy atom. The van der Waals surface area contributed by atoms with Crippen LogP contribution in [-0.2, 0) is 9.53 Å². The quantitative estimate of drug-likeness (QED) is 0.791. The molecule has 0 radical (unpaired) electrons. The number of esters is 1. The summed E-state index contributed by atoms with van der Waals surface area (Å²) in [6, 6.07) is 9.62. The van der Waals surface area contributed by atoms with Crippen molar-refractivity contribution in [2.75, 3.05) is 13.1 Å². The molecule has 26 heavy (non-hydrogen) atoms. The standard InChI is InChI=1S/C20H25N3O3/c1-14-18(15(2)23(21-14)17-10-6-4-7-11-17)20(25)26-16(3)19(24)22-12-8-5-9-13-22/h4,6-7,10-11,16H,5,8-9,12-13H2,1-3H3/t16-/m0/s1. The van der Waals surface area contributed by atoms with Crippen LogP contribution < -0.4 is 0 Å². The molecule has 0 bridgehead atoms. The van der Waals surface area contributed by atoms with Crippen molar-refractivity contribution in [3.63, 3.8) is 0 Å². The first-order valence-corrected chi connectivity index (χ1v) is 9.10. The van der Waals surface area contributed by atoms with Gasteiger partial charge in [-0.15, -0.1) is 0 Å². The summed E-state index contributed by atoms with van der Waals surface area (Å²) in [6.07, 6.45) is 2.37. The summed E-state index contributed by atoms with van der Waals surface area (Å²) in [5, 5.41) is 4.46. The van der Waals surface area contributed by atoms with Gasteiger partial charge in [-0.1, -0.05) is 18.2 Å². The first kappa shape index (κ1) is 18.2. The Morgan fingerprint density at radius 3 is 2.38 bits per heavy atom. The number of ether oxygens (including phenoxy) is 1. The first-order valence-electron chi connectivity index (χ1n) is 9.10. The molecule has 0 unspecified atom stereocenters. The van der Waals surface area contributed by atoms with E-state index in [0.717, 1.165) is 38.0 Å². The molecule has 2 aromatic rings. The smallest absolute Gasteiger partial charge is 0.342 e. The van der Waals surface area contributed by atoms with E-state index in [1.54, 1.807) is 23.4 Å². The van der Waals surface area contributed by atoms with Crippen LogP contribution in [0.5, 0.6) is 0 Å². The third kappa shape index (κ3) is 3.64. The second-order valence-corrected chi connectivity index (χ2v) is 6.73. The number of para-hydroxylation sites is 1. The number of aromatic nitrogens is 2. The van der Waals surface area contributed by atoms with E-state index in [1.165, 1.54) is 0 Å². The zero-order valence-electron chi connectivity index (χ0n) is 15.6. The highest BCUT2D eigenvalue weighted by Gasteiger charge is 2.28. The van der Waals surface area contributed by atoms with Gasteiger partial charge < -0.3 is 9.64 Å². The minimum Gasteiger partial charge on any atom is -0.449 e. The van der Waals surface area contributed by atoms with Gasteiger partial charge in [0.25, 0.3) is 5.91 Å². The molecular formula is C20H25N3O3. The average molecular weight is 355 g/mol. The molecular weight excluding hydrogens is 330 g/mol. The summed E-state index contributed by atoms with van der Waals surface area (Å²) in [5.74, 6) is -0.621. The lowest BCUT2D eigenvalue weighted by molar-refractivity contribution is -0.140. The highest BCUT2D eigenvalue weighted by Crippen LogP contribution is 2.20. The second kappa shape index (κ2) is 7.72. The fraction of sp³-hybridized carbons (Fsp3) is 0.450. The van der Waals surface area contributed by atoms with Crippen molar-refractivity contribution in [3.05, 3.63) is 47.3 Å². The predicted molar refractivity (Wildman–Crippen MR) is 98.3 cm³/mol. The van der Waals surface area contributed by atoms with Gasteiger partial charge in [-0.25, -0.2) is 9.48 Å². The van der Waals surface area contributed by atoms with Crippen LogP contribution in [0.2, 0.25) is 0 Å². The largest absolute Gasteiger partial charge is 0.449 e. The molecule has 1 saturated heterocycles. The van der Waals surface area contributed by atoms with E-state index in [-0.39, 0.29) is 5.91 Å². The Morgan fingerprint density at radius 2 is 1.73 bits per heavy atom. The molecule has 0 spiro atoms. The predicted octanol–water partition coefficient (Wildman–Crippen LogP) is 3.05. The summed E-state index contributed by atoms with van der Waals surface area (Å²) < 4.78 is 7.20. The number of nitrogens with zero attached hydrogens (tertiary/aromatic N) is 3. The van der Waals surface area contributed by atoms with Gasteiger partial charge in [-0.2, -0.15) is 5.10 Å². The summed E-state index contributed by atoms with van der Waals surface area (Å²) >= 11 is 0. The van der Waals surface area contributed by atoms with Crippen molar-refractivity contribution in [3.8, 4) is 5.69 Å². The fourth-order valence-corrected chi connectivity index (χ4v) is 3.40. The molecule has 138 valence electrons. The number of hydrogen-bond donors (Lipinski definition) is 0. The maximum absolute atomic E-state index is 12.7. The number of aryl methyl sites for hydroxylation is 1. The highest BCUT2D eigenvalue weighted by molar-refractivity contribution is 5.94. The monoisotopic (exact) mass is 355 g/mol. The number of hydrogen-bond acceptors (Lipinski definition) is 4. The minimum absolute atomic E-state index is 0.121. The summed E-state index contributed by atoms with van der Waals surface area (Å²) in [6.45, 7) is 6.73. The Bertz CT molecular complexity index is 792. The Kier molecular flexibility index (Phi) is 5.40. The van der Waals surface area contributed by atoms with Crippen LogP contribution in [0, 0.1) is 13.8 Å².